The standard InChI is InChI=1S/C13H16N2O4/c1-19-13(18)10-8-9(5-6-14-10)15-7-3-2-4-11(15)12(16)17/h5-6,8,11H,2-4,7H2,1H3,(H,16,17). The van der Waals surface area contributed by atoms with Gasteiger partial charge in [0.25, 0.3) is 0 Å². The summed E-state index contributed by atoms with van der Waals surface area (Å²) in [6.45, 7) is 0.668. The van der Waals surface area contributed by atoms with Crippen LogP contribution in [0.3, 0.4) is 0 Å². The van der Waals surface area contributed by atoms with Gasteiger partial charge in [0, 0.05) is 18.4 Å². The minimum Gasteiger partial charge on any atom is -0.480 e. The van der Waals surface area contributed by atoms with Crippen LogP contribution < -0.4 is 4.90 Å². The smallest absolute Gasteiger partial charge is 0.356 e. The number of ether oxygens (including phenoxy) is 1. The number of methoxy groups -OCH3 is 1. The predicted octanol–water partition coefficient (Wildman–Crippen LogP) is 1.31. The van der Waals surface area contributed by atoms with Crippen molar-refractivity contribution < 1.29 is 19.4 Å². The normalized spacial score (nSPS) is 19.0. The fourth-order valence-electron chi connectivity index (χ4n) is 2.31. The van der Waals surface area contributed by atoms with Crippen molar-refractivity contribution in [3.8, 4) is 0 Å². The maximum absolute atomic E-state index is 11.4. The van der Waals surface area contributed by atoms with Crippen molar-refractivity contribution in [3.63, 3.8) is 0 Å². The van der Waals surface area contributed by atoms with E-state index in [-0.39, 0.29) is 5.69 Å². The molecule has 1 aliphatic rings. The molecule has 0 amide bonds. The Morgan fingerprint density at radius 2 is 2.26 bits per heavy atom. The number of rotatable bonds is 3. The summed E-state index contributed by atoms with van der Waals surface area (Å²) in [4.78, 5) is 28.4. The average molecular weight is 264 g/mol. The quantitative estimate of drug-likeness (QED) is 0.829. The lowest BCUT2D eigenvalue weighted by atomic mass is 10.0. The summed E-state index contributed by atoms with van der Waals surface area (Å²) >= 11 is 0. The minimum atomic E-state index is -0.837. The van der Waals surface area contributed by atoms with Gasteiger partial charge in [0.15, 0.2) is 0 Å². The fraction of sp³-hybridized carbons (Fsp3) is 0.462. The third-order valence-electron chi connectivity index (χ3n) is 3.26. The molecule has 1 atom stereocenters. The Morgan fingerprint density at radius 1 is 1.47 bits per heavy atom. The van der Waals surface area contributed by atoms with Crippen molar-refractivity contribution in [1.29, 1.82) is 0 Å². The number of hydrogen-bond donors (Lipinski definition) is 1. The molecular weight excluding hydrogens is 248 g/mol. The highest BCUT2D eigenvalue weighted by Gasteiger charge is 2.29. The Balaban J connectivity index is 2.29. The molecule has 0 radical (unpaired) electrons. The van der Waals surface area contributed by atoms with Gasteiger partial charge < -0.3 is 14.7 Å². The number of carboxylic acids is 1. The number of piperidine rings is 1. The summed E-state index contributed by atoms with van der Waals surface area (Å²) in [5, 5.41) is 9.25. The van der Waals surface area contributed by atoms with Gasteiger partial charge in [-0.25, -0.2) is 14.6 Å². The molecule has 0 bridgehead atoms. The lowest BCUT2D eigenvalue weighted by Crippen LogP contribution is -2.44. The van der Waals surface area contributed by atoms with E-state index < -0.39 is 18.0 Å². The molecule has 1 fully saturated rings. The van der Waals surface area contributed by atoms with Crippen LogP contribution in [-0.2, 0) is 9.53 Å². The lowest BCUT2D eigenvalue weighted by Gasteiger charge is -2.34. The molecule has 2 rings (SSSR count). The van der Waals surface area contributed by atoms with Crippen molar-refractivity contribution >= 4 is 17.6 Å². The van der Waals surface area contributed by atoms with E-state index in [2.05, 4.69) is 9.72 Å². The van der Waals surface area contributed by atoms with Gasteiger partial charge in [-0.1, -0.05) is 0 Å². The van der Waals surface area contributed by atoms with E-state index in [1.165, 1.54) is 13.3 Å². The van der Waals surface area contributed by atoms with Gasteiger partial charge in [-0.3, -0.25) is 0 Å². The van der Waals surface area contributed by atoms with Gasteiger partial charge in [-0.2, -0.15) is 0 Å². The number of anilines is 1. The van der Waals surface area contributed by atoms with Gasteiger partial charge in [0.05, 0.1) is 7.11 Å². The Kier molecular flexibility index (Phi) is 3.99. The fourth-order valence-corrected chi connectivity index (χ4v) is 2.31. The summed E-state index contributed by atoms with van der Waals surface area (Å²) in [7, 11) is 1.29. The van der Waals surface area contributed by atoms with Crippen LogP contribution in [0.1, 0.15) is 29.8 Å². The van der Waals surface area contributed by atoms with Crippen molar-refractivity contribution in [1.82, 2.24) is 4.98 Å². The largest absolute Gasteiger partial charge is 0.480 e. The number of carbonyl (C=O) groups excluding carboxylic acids is 1. The zero-order chi connectivity index (χ0) is 13.8. The summed E-state index contributed by atoms with van der Waals surface area (Å²) < 4.78 is 4.62. The van der Waals surface area contributed by atoms with E-state index >= 15 is 0 Å². The molecule has 0 saturated carbocycles. The van der Waals surface area contributed by atoms with Crippen LogP contribution in [0.25, 0.3) is 0 Å². The Labute approximate surface area is 111 Å². The number of hydrogen-bond acceptors (Lipinski definition) is 5. The second kappa shape index (κ2) is 5.69. The molecule has 1 unspecified atom stereocenters. The van der Waals surface area contributed by atoms with E-state index in [9.17, 15) is 14.7 Å². The molecule has 1 aromatic rings. The molecule has 19 heavy (non-hydrogen) atoms. The summed E-state index contributed by atoms with van der Waals surface area (Å²) in [5.41, 5.74) is 0.886. The molecular formula is C13H16N2O4. The third-order valence-corrected chi connectivity index (χ3v) is 3.26. The second-order valence-corrected chi connectivity index (χ2v) is 4.43. The predicted molar refractivity (Wildman–Crippen MR) is 68.2 cm³/mol. The summed E-state index contributed by atoms with van der Waals surface area (Å²) in [6, 6.07) is 2.75. The molecule has 0 aromatic carbocycles. The first-order chi connectivity index (χ1) is 9.13. The van der Waals surface area contributed by atoms with E-state index in [1.54, 1.807) is 17.0 Å². The Bertz CT molecular complexity index is 489. The number of aromatic nitrogens is 1. The SMILES string of the molecule is COC(=O)c1cc(N2CCCCC2C(=O)O)ccn1. The number of carbonyl (C=O) groups is 2. The molecule has 6 nitrogen and oxygen atoms in total. The number of carboxylic acid groups (broad SMARTS) is 1. The zero-order valence-electron chi connectivity index (χ0n) is 10.7. The van der Waals surface area contributed by atoms with Crippen molar-refractivity contribution in [3.05, 3.63) is 24.0 Å². The highest BCUT2D eigenvalue weighted by Crippen LogP contribution is 2.25. The van der Waals surface area contributed by atoms with Gasteiger partial charge in [-0.15, -0.1) is 0 Å². The van der Waals surface area contributed by atoms with Gasteiger partial charge in [-0.05, 0) is 31.4 Å². The van der Waals surface area contributed by atoms with Crippen LogP contribution in [0.15, 0.2) is 18.3 Å². The van der Waals surface area contributed by atoms with Crippen LogP contribution in [0.4, 0.5) is 5.69 Å². The van der Waals surface area contributed by atoms with Gasteiger partial charge in [0.2, 0.25) is 0 Å². The van der Waals surface area contributed by atoms with E-state index in [0.717, 1.165) is 12.8 Å². The van der Waals surface area contributed by atoms with Crippen molar-refractivity contribution in [2.24, 2.45) is 0 Å². The third kappa shape index (κ3) is 2.83. The highest BCUT2D eigenvalue weighted by atomic mass is 16.5. The zero-order valence-corrected chi connectivity index (χ0v) is 10.7. The van der Waals surface area contributed by atoms with Crippen LogP contribution in [0, 0.1) is 0 Å². The Hall–Kier alpha value is -2.11. The number of aliphatic carboxylic acids is 1. The number of esters is 1. The number of pyridine rings is 1. The van der Waals surface area contributed by atoms with Crippen LogP contribution >= 0.6 is 0 Å². The van der Waals surface area contributed by atoms with Crippen LogP contribution in [-0.4, -0.2) is 41.7 Å². The molecule has 1 N–H and O–H groups in total. The van der Waals surface area contributed by atoms with Crippen LogP contribution in [0.2, 0.25) is 0 Å². The maximum Gasteiger partial charge on any atom is 0.356 e. The first kappa shape index (κ1) is 13.3. The monoisotopic (exact) mass is 264 g/mol. The molecule has 2 heterocycles. The highest BCUT2D eigenvalue weighted by molar-refractivity contribution is 5.88. The average Bonchev–Trinajstić information content (AvgIpc) is 2.46. The molecule has 102 valence electrons. The van der Waals surface area contributed by atoms with Gasteiger partial charge >= 0.3 is 11.9 Å². The topological polar surface area (TPSA) is 79.7 Å². The first-order valence-electron chi connectivity index (χ1n) is 6.17. The van der Waals surface area contributed by atoms with Crippen molar-refractivity contribution in [2.75, 3.05) is 18.6 Å². The molecule has 1 aliphatic heterocycles. The van der Waals surface area contributed by atoms with E-state index in [4.69, 9.17) is 0 Å². The van der Waals surface area contributed by atoms with Gasteiger partial charge in [0.1, 0.15) is 11.7 Å². The van der Waals surface area contributed by atoms with Crippen LogP contribution in [0.5, 0.6) is 0 Å². The molecule has 0 spiro atoms. The Morgan fingerprint density at radius 3 is 2.95 bits per heavy atom. The second-order valence-electron chi connectivity index (χ2n) is 4.43. The molecule has 1 aromatic heterocycles. The molecule has 0 aliphatic carbocycles. The number of nitrogens with zero attached hydrogens (tertiary/aromatic N) is 2. The minimum absolute atomic E-state index is 0.190. The summed E-state index contributed by atoms with van der Waals surface area (Å²) in [6.07, 6.45) is 3.96. The first-order valence-corrected chi connectivity index (χ1v) is 6.17. The lowest BCUT2D eigenvalue weighted by molar-refractivity contribution is -0.139. The van der Waals surface area contributed by atoms with E-state index in [0.29, 0.717) is 18.7 Å². The maximum atomic E-state index is 11.4. The summed E-state index contributed by atoms with van der Waals surface area (Å²) in [5.74, 6) is -1.36. The van der Waals surface area contributed by atoms with E-state index in [1.807, 2.05) is 0 Å². The molecule has 6 heteroatoms. The van der Waals surface area contributed by atoms with Crippen molar-refractivity contribution in [2.45, 2.75) is 25.3 Å². The molecule has 1 saturated heterocycles.